The van der Waals surface area contributed by atoms with Crippen LogP contribution in [-0.2, 0) is 25.8 Å². The number of aryl methyl sites for hydroxylation is 3. The van der Waals surface area contributed by atoms with E-state index in [2.05, 4.69) is 175 Å². The van der Waals surface area contributed by atoms with Gasteiger partial charge < -0.3 is 43.8 Å². The van der Waals surface area contributed by atoms with E-state index >= 15 is 0 Å². The summed E-state index contributed by atoms with van der Waals surface area (Å²) < 4.78 is 0. The SMILES string of the molecule is CCSc1nc(SCCSc2nc(NC)nc(SC)n2)nc(SCCSc2nc(NCc3ccccc3)nc(SC)n2)n1.CCc1ncnc(NCCCc2ncnc(NCCCc3ncnc(NC)n3)n2)n1.CSc1nc(N)nc(SCCSc2nc(N)nc(SCCSc3nc(N)nc(SC)n3)n2)n1. The maximum absolute atomic E-state index is 5.86. The van der Waals surface area contributed by atoms with E-state index in [1.807, 2.05) is 50.1 Å². The molecule has 0 amide bonds. The number of rotatable bonds is 42. The molecule has 11 N–H and O–H groups in total. The maximum atomic E-state index is 5.86. The number of aromatic nitrogens is 27. The average molecular weight is 1680 g/mol. The van der Waals surface area contributed by atoms with E-state index in [1.54, 1.807) is 72.9 Å². The fourth-order valence-corrected chi connectivity index (χ4v) is 16.8. The number of benzene rings is 1. The van der Waals surface area contributed by atoms with Crippen molar-refractivity contribution in [2.45, 2.75) is 120 Å². The van der Waals surface area contributed by atoms with Crippen LogP contribution in [0.25, 0.3) is 0 Å². The van der Waals surface area contributed by atoms with Crippen LogP contribution in [0.15, 0.2) is 116 Å². The largest absolute Gasteiger partial charge is 0.368 e. The Morgan fingerprint density at radius 3 is 1.02 bits per heavy atom. The quantitative estimate of drug-likeness (QED) is 0.0130. The topological polar surface area (TPSA) is 486 Å². The van der Waals surface area contributed by atoms with Crippen molar-refractivity contribution in [2.75, 3.05) is 148 Å². The van der Waals surface area contributed by atoms with Crippen LogP contribution in [0.5, 0.6) is 0 Å². The van der Waals surface area contributed by atoms with Gasteiger partial charge in [0.25, 0.3) is 0 Å². The summed E-state index contributed by atoms with van der Waals surface area (Å²) in [6.45, 7) is 6.20. The first-order valence-electron chi connectivity index (χ1n) is 32.1. The predicted octanol–water partition coefficient (Wildman–Crippen LogP) is 9.36. The van der Waals surface area contributed by atoms with E-state index in [-0.39, 0.29) is 17.8 Å². The molecule has 0 aliphatic carbocycles. The zero-order chi connectivity index (χ0) is 74.9. The van der Waals surface area contributed by atoms with Gasteiger partial charge in [-0.2, -0.15) is 105 Å². The number of nitrogens with zero attached hydrogens (tertiary/aromatic N) is 27. The molecule has 48 heteroatoms. The highest BCUT2D eigenvalue weighted by atomic mass is 32.2. The molecule has 0 aliphatic rings. The fourth-order valence-electron chi connectivity index (χ4n) is 7.75. The molecule has 0 radical (unpaired) electrons. The molecular weight excluding hydrogens is 1600 g/mol. The van der Waals surface area contributed by atoms with E-state index in [0.29, 0.717) is 94.4 Å². The molecule has 106 heavy (non-hydrogen) atoms. The Bertz CT molecular complexity index is 4100. The zero-order valence-electron chi connectivity index (χ0n) is 58.8. The molecule has 0 atom stereocenters. The molecule has 562 valence electrons. The van der Waals surface area contributed by atoms with Gasteiger partial charge in [-0.3, -0.25) is 0 Å². The Morgan fingerprint density at radius 1 is 0.311 bits per heavy atom. The molecular formula is C58H77N35S13. The van der Waals surface area contributed by atoms with Gasteiger partial charge in [-0.1, -0.05) is 197 Å². The van der Waals surface area contributed by atoms with Crippen molar-refractivity contribution in [2.24, 2.45) is 0 Å². The molecule has 35 nitrogen and oxygen atoms in total. The van der Waals surface area contributed by atoms with Crippen LogP contribution in [0, 0.1) is 0 Å². The predicted molar refractivity (Wildman–Crippen MR) is 437 cm³/mol. The summed E-state index contributed by atoms with van der Waals surface area (Å²) in [5, 5.41) is 24.2. The standard InChI is InChI=1S/C25H31N11S7.C18H26N12.C15H20N12S6/c1-5-39-23-34-24(42-13-11-40-21-29-17(26-2)28-19(32-21)37-3)36-25(35-23)43-14-12-41-22-31-18(30-20(33-22)38-4)27-15-16-9-7-6-8-10-16;1-3-13-22-10-26-17(28-13)20-8-5-7-15-24-12-27-18(30-15)21-9-4-6-14-23-11-25-16(19-2)29-14;1-28-10-19-7(16)21-12(25-10)30-3-5-32-14-23-9(18)24-15(27-14)33-6-4-31-13-22-8(17)20-11(26-13)29-2/h6-10H,5,11-15H2,1-4H3,(H,26,28,29,32)(H,27,30,31,33);10-12H,3-9H2,1-2H3,(H,19,23,25,29)(H,20,22,26,28)(H,21,24,27,30);3-6H2,1-2H3,(H2,16,19,21,25)(H2,17,20,22,26)(H2,18,23,24,27). The van der Waals surface area contributed by atoms with Crippen LogP contribution in [0.4, 0.5) is 47.6 Å². The summed E-state index contributed by atoms with van der Waals surface area (Å²) in [5.41, 5.74) is 18.5. The number of hydrogen-bond donors (Lipinski definition) is 8. The second kappa shape index (κ2) is 48.6. The fraction of sp³-hybridized carbons (Fsp3) is 0.431. The van der Waals surface area contributed by atoms with Gasteiger partial charge in [-0.25, -0.2) is 29.9 Å². The minimum absolute atomic E-state index is 0.194. The van der Waals surface area contributed by atoms with Crippen molar-refractivity contribution in [1.82, 2.24) is 135 Å². The van der Waals surface area contributed by atoms with Gasteiger partial charge in [0.15, 0.2) is 67.0 Å². The van der Waals surface area contributed by atoms with Gasteiger partial charge in [-0.05, 0) is 49.2 Å². The Morgan fingerprint density at radius 2 is 0.623 bits per heavy atom. The molecule has 9 heterocycles. The van der Waals surface area contributed by atoms with Gasteiger partial charge >= 0.3 is 0 Å². The lowest BCUT2D eigenvalue weighted by atomic mass is 10.2. The van der Waals surface area contributed by atoms with Crippen LogP contribution in [0.1, 0.15) is 49.7 Å². The van der Waals surface area contributed by atoms with E-state index in [0.717, 1.165) is 123 Å². The molecule has 1 aromatic carbocycles. The van der Waals surface area contributed by atoms with Crippen LogP contribution >= 0.6 is 153 Å². The molecule has 0 aliphatic heterocycles. The van der Waals surface area contributed by atoms with Gasteiger partial charge in [0.2, 0.25) is 47.6 Å². The molecule has 0 unspecified atom stereocenters. The van der Waals surface area contributed by atoms with Crippen LogP contribution in [0.3, 0.4) is 0 Å². The second-order valence-electron chi connectivity index (χ2n) is 19.9. The molecule has 0 saturated carbocycles. The molecule has 9 aromatic heterocycles. The molecule has 0 fully saturated rings. The normalized spacial score (nSPS) is 10.9. The number of hydrogen-bond acceptors (Lipinski definition) is 48. The van der Waals surface area contributed by atoms with Crippen molar-refractivity contribution in [3.63, 3.8) is 0 Å². The highest BCUT2D eigenvalue weighted by Gasteiger charge is 2.15. The average Bonchev–Trinajstić information content (AvgIpc) is 0.848. The van der Waals surface area contributed by atoms with E-state index < -0.39 is 0 Å². The van der Waals surface area contributed by atoms with Crippen LogP contribution in [0.2, 0.25) is 0 Å². The Hall–Kier alpha value is -6.74. The molecule has 0 saturated heterocycles. The van der Waals surface area contributed by atoms with E-state index in [4.69, 9.17) is 22.2 Å². The third-order valence-corrected chi connectivity index (χ3v) is 23.2. The third kappa shape index (κ3) is 32.2. The summed E-state index contributed by atoms with van der Waals surface area (Å²) in [6, 6.07) is 10.2. The van der Waals surface area contributed by atoms with Crippen LogP contribution in [-0.4, -0.2) is 239 Å². The highest BCUT2D eigenvalue weighted by Crippen LogP contribution is 2.29. The number of anilines is 8. The van der Waals surface area contributed by atoms with Crippen molar-refractivity contribution in [3.8, 4) is 0 Å². The van der Waals surface area contributed by atoms with Gasteiger partial charge in [0.05, 0.1) is 0 Å². The number of nitrogen functional groups attached to an aromatic ring is 3. The van der Waals surface area contributed by atoms with Gasteiger partial charge in [0.1, 0.15) is 36.5 Å². The zero-order valence-corrected chi connectivity index (χ0v) is 69.4. The first kappa shape index (κ1) is 84.9. The minimum Gasteiger partial charge on any atom is -0.368 e. The second-order valence-corrected chi connectivity index (χ2v) is 32.7. The lowest BCUT2D eigenvalue weighted by Gasteiger charge is -2.08. The van der Waals surface area contributed by atoms with E-state index in [1.165, 1.54) is 119 Å². The Balaban J connectivity index is 0.000000205. The smallest absolute Gasteiger partial charge is 0.227 e. The van der Waals surface area contributed by atoms with Crippen LogP contribution < -0.4 is 43.8 Å². The monoisotopic (exact) mass is 1680 g/mol. The summed E-state index contributed by atoms with van der Waals surface area (Å²) in [4.78, 5) is 117. The molecule has 0 bridgehead atoms. The summed E-state index contributed by atoms with van der Waals surface area (Å²) >= 11 is 19.9. The Kier molecular flexibility index (Phi) is 38.9. The van der Waals surface area contributed by atoms with Crippen molar-refractivity contribution >= 4 is 200 Å². The first-order valence-corrected chi connectivity index (χ1v) is 45.9. The van der Waals surface area contributed by atoms with Gasteiger partial charge in [-0.15, -0.1) is 0 Å². The van der Waals surface area contributed by atoms with Crippen molar-refractivity contribution < 1.29 is 0 Å². The minimum atomic E-state index is 0.194. The molecule has 10 aromatic rings. The van der Waals surface area contributed by atoms with E-state index in [9.17, 15) is 0 Å². The lowest BCUT2D eigenvalue weighted by molar-refractivity contribution is 0.718. The number of nitrogens with one attached hydrogen (secondary N) is 5. The first-order chi connectivity index (χ1) is 51.8. The summed E-state index contributed by atoms with van der Waals surface area (Å²) in [5.74, 6) is 12.9. The summed E-state index contributed by atoms with van der Waals surface area (Å²) in [7, 11) is 3.59. The van der Waals surface area contributed by atoms with Crippen molar-refractivity contribution in [3.05, 3.63) is 72.4 Å². The molecule has 0 spiro atoms. The lowest BCUT2D eigenvalue weighted by Crippen LogP contribution is -2.11. The summed E-state index contributed by atoms with van der Waals surface area (Å²) in [6.07, 6.45) is 16.2. The van der Waals surface area contributed by atoms with Gasteiger partial charge in [0, 0.05) is 99.0 Å². The number of nitrogens with two attached hydrogens (primary N) is 3. The highest BCUT2D eigenvalue weighted by molar-refractivity contribution is 8.04. The molecule has 10 rings (SSSR count). The van der Waals surface area contributed by atoms with Crippen molar-refractivity contribution in [1.29, 1.82) is 0 Å². The Labute approximate surface area is 668 Å². The number of thioether (sulfide) groups is 13. The maximum Gasteiger partial charge on any atom is 0.227 e. The third-order valence-electron chi connectivity index (χ3n) is 12.4.